The molecule has 2 fully saturated rings. The quantitative estimate of drug-likeness (QED) is 0.790. The zero-order chi connectivity index (χ0) is 20.3. The van der Waals surface area contributed by atoms with Crippen LogP contribution < -0.4 is 16.0 Å². The number of benzene rings is 1. The second kappa shape index (κ2) is 9.16. The number of halogens is 2. The topological polar surface area (TPSA) is 61.6 Å². The third-order valence-corrected chi connectivity index (χ3v) is 6.13. The molecular weight excluding hydrogens is 371 g/mol. The first-order valence-corrected chi connectivity index (χ1v) is 9.99. The Labute approximate surface area is 168 Å². The standard InChI is InChI=1S/C19H28Cl2N4O/c20-16-2-1-3-17(18(16)21)25-12-10-24(11-13-25)9-8-14-4-6-15(7-5-14)23-19(22)26/h1-3,14-15H,4-13H2,(H3,22,23,26)/i8D2. The Morgan fingerprint density at radius 3 is 2.54 bits per heavy atom. The summed E-state index contributed by atoms with van der Waals surface area (Å²) in [5, 5.41) is 3.88. The molecule has 0 atom stereocenters. The van der Waals surface area contributed by atoms with Crippen LogP contribution in [0.4, 0.5) is 10.5 Å². The molecule has 1 heterocycles. The van der Waals surface area contributed by atoms with E-state index in [0.29, 0.717) is 16.6 Å². The highest BCUT2D eigenvalue weighted by molar-refractivity contribution is 6.43. The van der Waals surface area contributed by atoms with Crippen LogP contribution >= 0.6 is 23.2 Å². The fourth-order valence-electron chi connectivity index (χ4n) is 3.78. The van der Waals surface area contributed by atoms with Crippen molar-refractivity contribution in [2.45, 2.75) is 38.1 Å². The molecule has 1 aliphatic carbocycles. The lowest BCUT2D eigenvalue weighted by Crippen LogP contribution is -2.47. The number of amides is 2. The first-order valence-electron chi connectivity index (χ1n) is 10.2. The average Bonchev–Trinajstić information content (AvgIpc) is 2.64. The van der Waals surface area contributed by atoms with Crippen molar-refractivity contribution in [2.24, 2.45) is 11.7 Å². The summed E-state index contributed by atoms with van der Waals surface area (Å²) in [5.41, 5.74) is 6.13. The summed E-state index contributed by atoms with van der Waals surface area (Å²) >= 11 is 12.5. The number of rotatable bonds is 5. The lowest BCUT2D eigenvalue weighted by molar-refractivity contribution is 0.207. The van der Waals surface area contributed by atoms with Gasteiger partial charge < -0.3 is 16.0 Å². The SMILES string of the molecule is [2H]C([2H])(CN1CCN(c2cccc(Cl)c2Cl)CC1)C1CCC(NC(N)=O)CC1. The number of hydrogen-bond acceptors (Lipinski definition) is 3. The maximum Gasteiger partial charge on any atom is 0.312 e. The molecule has 0 radical (unpaired) electrons. The first kappa shape index (κ1) is 17.0. The number of primary amides is 1. The highest BCUT2D eigenvalue weighted by atomic mass is 35.5. The molecule has 0 aromatic heterocycles. The molecule has 5 nitrogen and oxygen atoms in total. The van der Waals surface area contributed by atoms with Crippen LogP contribution in [0.1, 0.15) is 34.8 Å². The van der Waals surface area contributed by atoms with Crippen LogP contribution in [0.2, 0.25) is 10.0 Å². The van der Waals surface area contributed by atoms with Gasteiger partial charge in [-0.25, -0.2) is 4.79 Å². The van der Waals surface area contributed by atoms with E-state index in [1.54, 1.807) is 6.07 Å². The predicted octanol–water partition coefficient (Wildman–Crippen LogP) is 3.73. The van der Waals surface area contributed by atoms with Crippen molar-refractivity contribution in [1.82, 2.24) is 10.2 Å². The zero-order valence-electron chi connectivity index (χ0n) is 16.9. The van der Waals surface area contributed by atoms with Gasteiger partial charge in [-0.15, -0.1) is 0 Å². The van der Waals surface area contributed by atoms with Gasteiger partial charge in [0.15, 0.2) is 0 Å². The van der Waals surface area contributed by atoms with Crippen LogP contribution in [0, 0.1) is 5.92 Å². The van der Waals surface area contributed by atoms with E-state index in [1.807, 2.05) is 12.1 Å². The van der Waals surface area contributed by atoms with E-state index in [0.717, 1.165) is 57.5 Å². The number of anilines is 1. The highest BCUT2D eigenvalue weighted by Gasteiger charge is 2.24. The molecule has 0 bridgehead atoms. The number of hydrogen-bond donors (Lipinski definition) is 2. The minimum Gasteiger partial charge on any atom is -0.368 e. The molecular formula is C19H28Cl2N4O. The van der Waals surface area contributed by atoms with Gasteiger partial charge >= 0.3 is 6.03 Å². The van der Waals surface area contributed by atoms with Gasteiger partial charge in [-0.3, -0.25) is 4.90 Å². The summed E-state index contributed by atoms with van der Waals surface area (Å²) in [6.45, 7) is 3.61. The molecule has 0 unspecified atom stereocenters. The Kier molecular flexibility index (Phi) is 5.97. The fourth-order valence-corrected chi connectivity index (χ4v) is 4.20. The number of nitrogens with zero attached hydrogens (tertiary/aromatic N) is 2. The number of nitrogens with two attached hydrogens (primary N) is 1. The Balaban J connectivity index is 1.50. The van der Waals surface area contributed by atoms with Gasteiger partial charge in [-0.05, 0) is 56.7 Å². The molecule has 1 saturated heterocycles. The van der Waals surface area contributed by atoms with Gasteiger partial charge in [-0.2, -0.15) is 0 Å². The Bertz CT molecular complexity index is 691. The van der Waals surface area contributed by atoms with E-state index in [2.05, 4.69) is 15.1 Å². The summed E-state index contributed by atoms with van der Waals surface area (Å²) in [6.07, 6.45) is 1.88. The van der Waals surface area contributed by atoms with E-state index in [9.17, 15) is 4.79 Å². The summed E-state index contributed by atoms with van der Waals surface area (Å²) < 4.78 is 17.2. The van der Waals surface area contributed by atoms with Crippen LogP contribution in [-0.4, -0.2) is 49.7 Å². The summed E-state index contributed by atoms with van der Waals surface area (Å²) in [4.78, 5) is 15.4. The number of carbonyl (C=O) groups excluding carboxylic acids is 1. The monoisotopic (exact) mass is 400 g/mol. The third-order valence-electron chi connectivity index (χ3n) is 5.32. The van der Waals surface area contributed by atoms with Crippen molar-refractivity contribution >= 4 is 34.9 Å². The summed E-state index contributed by atoms with van der Waals surface area (Å²) in [7, 11) is 0. The maximum absolute atomic E-state index is 11.0. The van der Waals surface area contributed by atoms with E-state index in [-0.39, 0.29) is 12.0 Å². The van der Waals surface area contributed by atoms with Crippen molar-refractivity contribution in [2.75, 3.05) is 37.6 Å². The van der Waals surface area contributed by atoms with Crippen LogP contribution in [0.5, 0.6) is 0 Å². The molecule has 2 amide bonds. The largest absolute Gasteiger partial charge is 0.368 e. The molecule has 3 N–H and O–H groups in total. The summed E-state index contributed by atoms with van der Waals surface area (Å²) in [5.74, 6) is 0.0128. The van der Waals surface area contributed by atoms with Crippen LogP contribution in [0.15, 0.2) is 18.2 Å². The van der Waals surface area contributed by atoms with E-state index >= 15 is 0 Å². The fraction of sp³-hybridized carbons (Fsp3) is 0.632. The second-order valence-corrected chi connectivity index (χ2v) is 7.88. The number of carbonyl (C=O) groups is 1. The average molecular weight is 401 g/mol. The van der Waals surface area contributed by atoms with Crippen LogP contribution in [0.3, 0.4) is 0 Å². The molecule has 3 rings (SSSR count). The van der Waals surface area contributed by atoms with Crippen LogP contribution in [-0.2, 0) is 0 Å². The second-order valence-electron chi connectivity index (χ2n) is 7.10. The molecule has 1 saturated carbocycles. The van der Waals surface area contributed by atoms with Gasteiger partial charge in [0, 0.05) is 35.0 Å². The van der Waals surface area contributed by atoms with E-state index in [1.165, 1.54) is 0 Å². The molecule has 1 aromatic carbocycles. The molecule has 0 spiro atoms. The highest BCUT2D eigenvalue weighted by Crippen LogP contribution is 2.33. The van der Waals surface area contributed by atoms with Gasteiger partial charge in [0.05, 0.1) is 15.7 Å². The zero-order valence-corrected chi connectivity index (χ0v) is 16.4. The Morgan fingerprint density at radius 1 is 1.19 bits per heavy atom. The first-order chi connectivity index (χ1) is 13.3. The Hall–Kier alpha value is -1.17. The molecule has 1 aromatic rings. The van der Waals surface area contributed by atoms with Gasteiger partial charge in [0.2, 0.25) is 0 Å². The van der Waals surface area contributed by atoms with Crippen molar-refractivity contribution in [3.05, 3.63) is 28.2 Å². The normalized spacial score (nSPS) is 26.2. The summed E-state index contributed by atoms with van der Waals surface area (Å²) in [6, 6.07) is 5.24. The van der Waals surface area contributed by atoms with Gasteiger partial charge in [0.25, 0.3) is 0 Å². The maximum atomic E-state index is 11.0. The minimum atomic E-state index is -1.24. The van der Waals surface area contributed by atoms with Crippen molar-refractivity contribution in [3.63, 3.8) is 0 Å². The minimum absolute atomic E-state index is 0.0128. The molecule has 26 heavy (non-hydrogen) atoms. The molecule has 2 aliphatic rings. The molecule has 1 aliphatic heterocycles. The van der Waals surface area contributed by atoms with Gasteiger partial charge in [0.1, 0.15) is 0 Å². The number of piperazine rings is 1. The lowest BCUT2D eigenvalue weighted by atomic mass is 9.84. The van der Waals surface area contributed by atoms with E-state index in [4.69, 9.17) is 31.7 Å². The molecule has 7 heteroatoms. The van der Waals surface area contributed by atoms with Crippen molar-refractivity contribution in [1.29, 1.82) is 0 Å². The van der Waals surface area contributed by atoms with E-state index < -0.39 is 12.4 Å². The van der Waals surface area contributed by atoms with Gasteiger partial charge in [-0.1, -0.05) is 29.3 Å². The smallest absolute Gasteiger partial charge is 0.312 e. The number of urea groups is 1. The van der Waals surface area contributed by atoms with Crippen molar-refractivity contribution in [3.8, 4) is 0 Å². The van der Waals surface area contributed by atoms with Crippen LogP contribution in [0.25, 0.3) is 0 Å². The third kappa shape index (κ3) is 5.18. The predicted molar refractivity (Wildman–Crippen MR) is 108 cm³/mol. The van der Waals surface area contributed by atoms with Crippen molar-refractivity contribution < 1.29 is 7.54 Å². The Morgan fingerprint density at radius 2 is 1.88 bits per heavy atom. The lowest BCUT2D eigenvalue weighted by Gasteiger charge is -2.37. The molecule has 144 valence electrons. The number of nitrogens with one attached hydrogen (secondary N) is 1.